The zero-order chi connectivity index (χ0) is 42.1. The Morgan fingerprint density at radius 1 is 0.379 bits per heavy atom. The minimum atomic E-state index is -0.534. The number of hydrogen-bond donors (Lipinski definition) is 0. The van der Waals surface area contributed by atoms with Crippen molar-refractivity contribution in [1.29, 1.82) is 0 Å². The summed E-state index contributed by atoms with van der Waals surface area (Å²) in [5.41, 5.74) is 0. The summed E-state index contributed by atoms with van der Waals surface area (Å²) < 4.78 is 17.4. The highest BCUT2D eigenvalue weighted by molar-refractivity contribution is 5.70. The minimum absolute atomic E-state index is 0.0848. The van der Waals surface area contributed by atoms with Gasteiger partial charge in [0, 0.05) is 19.4 Å². The van der Waals surface area contributed by atoms with Gasteiger partial charge in [-0.15, -0.1) is 0 Å². The van der Waals surface area contributed by atoms with Gasteiger partial charge in [-0.1, -0.05) is 211 Å². The third kappa shape index (κ3) is 46.8. The normalized spacial score (nSPS) is 12.4. The minimum Gasteiger partial charge on any atom is -0.462 e. The molecule has 1 atom stereocenters. The van der Waals surface area contributed by atoms with Crippen LogP contribution in [0.1, 0.15) is 265 Å². The van der Waals surface area contributed by atoms with E-state index in [-0.39, 0.29) is 25.2 Å². The van der Waals surface area contributed by atoms with Crippen LogP contribution in [0.25, 0.3) is 0 Å². The van der Waals surface area contributed by atoms with Gasteiger partial charge in [-0.05, 0) is 77.0 Å². The van der Waals surface area contributed by atoms with Crippen LogP contribution in [0, 0.1) is 0 Å². The van der Waals surface area contributed by atoms with Crippen LogP contribution in [0.3, 0.4) is 0 Å². The van der Waals surface area contributed by atoms with Gasteiger partial charge in [0.15, 0.2) is 6.10 Å². The lowest BCUT2D eigenvalue weighted by molar-refractivity contribution is -0.163. The fourth-order valence-corrected chi connectivity index (χ4v) is 7.30. The molecule has 0 amide bonds. The molecule has 58 heavy (non-hydrogen) atoms. The zero-order valence-corrected chi connectivity index (χ0v) is 39.1. The van der Waals surface area contributed by atoms with E-state index in [2.05, 4.69) is 57.2 Å². The van der Waals surface area contributed by atoms with Crippen LogP contribution in [0.15, 0.2) is 36.5 Å². The Morgan fingerprint density at radius 2 is 0.724 bits per heavy atom. The molecule has 0 aliphatic carbocycles. The number of carbonyl (C=O) groups is 2. The molecule has 0 aromatic heterocycles. The van der Waals surface area contributed by atoms with Crippen LogP contribution in [-0.4, -0.2) is 37.9 Å². The average Bonchev–Trinajstić information content (AvgIpc) is 3.22. The zero-order valence-electron chi connectivity index (χ0n) is 39.1. The Balaban J connectivity index is 4.16. The van der Waals surface area contributed by atoms with E-state index < -0.39 is 6.10 Å². The number of hydrogen-bond acceptors (Lipinski definition) is 5. The fraction of sp³-hybridized carbons (Fsp3) is 0.849. The lowest BCUT2D eigenvalue weighted by Crippen LogP contribution is -2.30. The fourth-order valence-electron chi connectivity index (χ4n) is 7.30. The molecule has 0 radical (unpaired) electrons. The molecule has 0 saturated heterocycles. The van der Waals surface area contributed by atoms with Gasteiger partial charge in [-0.25, -0.2) is 0 Å². The van der Waals surface area contributed by atoms with Gasteiger partial charge in [0.1, 0.15) is 6.61 Å². The number of rotatable bonds is 47. The van der Waals surface area contributed by atoms with Crippen molar-refractivity contribution in [1.82, 2.24) is 0 Å². The Hall–Kier alpha value is -1.88. The Labute approximate surface area is 361 Å². The quantitative estimate of drug-likeness (QED) is 0.0348. The molecule has 340 valence electrons. The highest BCUT2D eigenvalue weighted by atomic mass is 16.6. The number of allylic oxidation sites excluding steroid dienone is 6. The second kappa shape index (κ2) is 49.5. The van der Waals surface area contributed by atoms with Gasteiger partial charge in [-0.3, -0.25) is 9.59 Å². The first kappa shape index (κ1) is 56.1. The van der Waals surface area contributed by atoms with Gasteiger partial charge < -0.3 is 14.2 Å². The molecule has 0 aromatic rings. The summed E-state index contributed by atoms with van der Waals surface area (Å²) >= 11 is 0. The van der Waals surface area contributed by atoms with E-state index in [1.54, 1.807) is 0 Å². The summed E-state index contributed by atoms with van der Waals surface area (Å²) in [6, 6.07) is 0. The lowest BCUT2D eigenvalue weighted by Gasteiger charge is -2.18. The molecule has 0 saturated carbocycles. The first-order valence-electron chi connectivity index (χ1n) is 25.5. The predicted octanol–water partition coefficient (Wildman–Crippen LogP) is 17.0. The molecule has 0 fully saturated rings. The van der Waals surface area contributed by atoms with Crippen LogP contribution in [0.5, 0.6) is 0 Å². The van der Waals surface area contributed by atoms with Crippen molar-refractivity contribution < 1.29 is 23.8 Å². The van der Waals surface area contributed by atoms with E-state index >= 15 is 0 Å². The van der Waals surface area contributed by atoms with Crippen molar-refractivity contribution in [2.24, 2.45) is 0 Å². The molecular weight excluding hydrogens is 717 g/mol. The highest BCUT2D eigenvalue weighted by Crippen LogP contribution is 2.15. The Bertz CT molecular complexity index is 924. The number of esters is 2. The third-order valence-electron chi connectivity index (χ3n) is 11.1. The van der Waals surface area contributed by atoms with Crippen LogP contribution < -0.4 is 0 Å². The van der Waals surface area contributed by atoms with E-state index in [1.165, 1.54) is 186 Å². The SMILES string of the molecule is CCCCC/C=C\C/C=C\CCCCCCCCCCCC(=O)OCC(COCCCCCCCC/C=C\CCCCCC)OC(=O)CCCCCCCCCCC. The summed E-state index contributed by atoms with van der Waals surface area (Å²) in [5, 5.41) is 0. The summed E-state index contributed by atoms with van der Waals surface area (Å²) in [5.74, 6) is -0.397. The Kier molecular flexibility index (Phi) is 47.9. The maximum Gasteiger partial charge on any atom is 0.306 e. The van der Waals surface area contributed by atoms with Gasteiger partial charge in [0.05, 0.1) is 6.61 Å². The van der Waals surface area contributed by atoms with E-state index in [1.807, 2.05) is 0 Å². The standard InChI is InChI=1S/C53H98O5/c1-4-7-10-13-16-19-21-23-25-26-27-28-29-30-32-35-37-40-43-46-52(54)57-50-51(58-53(55)47-44-41-38-34-18-15-12-9-6-3)49-56-48-45-42-39-36-33-31-24-22-20-17-14-11-8-5-2/h16,19-20,22-23,25,51H,4-15,17-18,21,24,26-50H2,1-3H3/b19-16-,22-20-,25-23-. The third-order valence-corrected chi connectivity index (χ3v) is 11.1. The van der Waals surface area contributed by atoms with E-state index in [0.717, 1.165) is 44.9 Å². The Morgan fingerprint density at radius 3 is 1.21 bits per heavy atom. The van der Waals surface area contributed by atoms with Gasteiger partial charge in [0.25, 0.3) is 0 Å². The van der Waals surface area contributed by atoms with Crippen LogP contribution in [-0.2, 0) is 23.8 Å². The molecule has 0 N–H and O–H groups in total. The van der Waals surface area contributed by atoms with E-state index in [4.69, 9.17) is 14.2 Å². The molecule has 0 aromatic carbocycles. The van der Waals surface area contributed by atoms with Gasteiger partial charge >= 0.3 is 11.9 Å². The molecular formula is C53H98O5. The maximum absolute atomic E-state index is 12.7. The molecule has 0 bridgehead atoms. The summed E-state index contributed by atoms with van der Waals surface area (Å²) in [4.78, 5) is 25.3. The van der Waals surface area contributed by atoms with Crippen molar-refractivity contribution in [2.75, 3.05) is 19.8 Å². The van der Waals surface area contributed by atoms with Crippen molar-refractivity contribution >= 4 is 11.9 Å². The molecule has 5 nitrogen and oxygen atoms in total. The largest absolute Gasteiger partial charge is 0.462 e. The van der Waals surface area contributed by atoms with Crippen LogP contribution in [0.2, 0.25) is 0 Å². The van der Waals surface area contributed by atoms with Gasteiger partial charge in [-0.2, -0.15) is 0 Å². The second-order valence-electron chi connectivity index (χ2n) is 17.1. The summed E-state index contributed by atoms with van der Waals surface area (Å²) in [6.07, 6.45) is 58.6. The predicted molar refractivity (Wildman–Crippen MR) is 252 cm³/mol. The van der Waals surface area contributed by atoms with E-state index in [9.17, 15) is 9.59 Å². The van der Waals surface area contributed by atoms with Crippen molar-refractivity contribution in [3.8, 4) is 0 Å². The topological polar surface area (TPSA) is 61.8 Å². The molecule has 1 unspecified atom stereocenters. The van der Waals surface area contributed by atoms with Crippen molar-refractivity contribution in [3.63, 3.8) is 0 Å². The lowest BCUT2D eigenvalue weighted by atomic mass is 10.1. The number of unbranched alkanes of at least 4 members (excludes halogenated alkanes) is 30. The highest BCUT2D eigenvalue weighted by Gasteiger charge is 2.17. The van der Waals surface area contributed by atoms with Crippen LogP contribution in [0.4, 0.5) is 0 Å². The summed E-state index contributed by atoms with van der Waals surface area (Å²) in [6.45, 7) is 7.79. The smallest absolute Gasteiger partial charge is 0.306 e. The van der Waals surface area contributed by atoms with Gasteiger partial charge in [0.2, 0.25) is 0 Å². The molecule has 0 aliphatic heterocycles. The van der Waals surface area contributed by atoms with Crippen LogP contribution >= 0.6 is 0 Å². The number of ether oxygens (including phenoxy) is 3. The maximum atomic E-state index is 12.7. The van der Waals surface area contributed by atoms with E-state index in [0.29, 0.717) is 19.4 Å². The first-order chi connectivity index (χ1) is 28.6. The monoisotopic (exact) mass is 815 g/mol. The van der Waals surface area contributed by atoms with Crippen molar-refractivity contribution in [3.05, 3.63) is 36.5 Å². The molecule has 0 spiro atoms. The first-order valence-corrected chi connectivity index (χ1v) is 25.5. The molecule has 5 heteroatoms. The average molecular weight is 815 g/mol. The number of carbonyl (C=O) groups excluding carboxylic acids is 2. The summed E-state index contributed by atoms with van der Waals surface area (Å²) in [7, 11) is 0. The molecule has 0 heterocycles. The molecule has 0 aliphatic rings. The molecule has 0 rings (SSSR count). The second-order valence-corrected chi connectivity index (χ2v) is 17.1. The van der Waals surface area contributed by atoms with Crippen molar-refractivity contribution in [2.45, 2.75) is 271 Å².